The molecule has 0 aliphatic rings. The summed E-state index contributed by atoms with van der Waals surface area (Å²) in [4.78, 5) is 29.4. The SMILES string of the molecule is Cc1nc(C(NC(=O)Nc2ccc(C(=O)Nc3ccccc3)cc2)c2ccccc2)n[nH]1. The zero-order valence-corrected chi connectivity index (χ0v) is 17.4. The maximum Gasteiger partial charge on any atom is 0.320 e. The van der Waals surface area contributed by atoms with E-state index >= 15 is 0 Å². The molecule has 8 heteroatoms. The summed E-state index contributed by atoms with van der Waals surface area (Å²) in [7, 11) is 0. The van der Waals surface area contributed by atoms with Crippen molar-refractivity contribution in [2.45, 2.75) is 13.0 Å². The first-order valence-corrected chi connectivity index (χ1v) is 10.1. The number of hydrogen-bond donors (Lipinski definition) is 4. The molecule has 0 radical (unpaired) electrons. The second-order valence-electron chi connectivity index (χ2n) is 7.12. The van der Waals surface area contributed by atoms with Crippen LogP contribution in [0.25, 0.3) is 0 Å². The number of carbonyl (C=O) groups excluding carboxylic acids is 2. The molecule has 160 valence electrons. The quantitative estimate of drug-likeness (QED) is 0.369. The fourth-order valence-electron chi connectivity index (χ4n) is 3.16. The summed E-state index contributed by atoms with van der Waals surface area (Å²) < 4.78 is 0. The van der Waals surface area contributed by atoms with Crippen LogP contribution in [0, 0.1) is 6.92 Å². The largest absolute Gasteiger partial charge is 0.324 e. The fourth-order valence-corrected chi connectivity index (χ4v) is 3.16. The zero-order valence-electron chi connectivity index (χ0n) is 17.4. The van der Waals surface area contributed by atoms with Crippen LogP contribution < -0.4 is 16.0 Å². The molecule has 1 aromatic heterocycles. The number of amides is 3. The van der Waals surface area contributed by atoms with E-state index in [0.29, 0.717) is 28.6 Å². The van der Waals surface area contributed by atoms with Crippen molar-refractivity contribution in [2.24, 2.45) is 0 Å². The molecule has 3 amide bonds. The smallest absolute Gasteiger partial charge is 0.320 e. The standard InChI is InChI=1S/C24H22N6O2/c1-16-25-22(30-29-16)21(17-8-4-2-5-9-17)28-24(32)27-20-14-12-18(13-15-20)23(31)26-19-10-6-3-7-11-19/h2-15,21H,1H3,(H,26,31)(H,25,29,30)(H2,27,28,32). The highest BCUT2D eigenvalue weighted by Crippen LogP contribution is 2.19. The number of aromatic amines is 1. The average Bonchev–Trinajstić information content (AvgIpc) is 3.25. The van der Waals surface area contributed by atoms with E-state index in [1.807, 2.05) is 60.7 Å². The van der Waals surface area contributed by atoms with E-state index in [1.54, 1.807) is 31.2 Å². The highest BCUT2D eigenvalue weighted by molar-refractivity contribution is 6.04. The molecule has 4 aromatic rings. The van der Waals surface area contributed by atoms with Crippen LogP contribution in [0.5, 0.6) is 0 Å². The van der Waals surface area contributed by atoms with E-state index in [0.717, 1.165) is 5.56 Å². The van der Waals surface area contributed by atoms with E-state index in [4.69, 9.17) is 0 Å². The third kappa shape index (κ3) is 5.17. The summed E-state index contributed by atoms with van der Waals surface area (Å²) in [5.74, 6) is 0.903. The Balaban J connectivity index is 1.42. The van der Waals surface area contributed by atoms with E-state index < -0.39 is 12.1 Å². The minimum atomic E-state index is -0.517. The number of hydrogen-bond acceptors (Lipinski definition) is 4. The summed E-state index contributed by atoms with van der Waals surface area (Å²) in [5, 5.41) is 15.5. The third-order valence-corrected chi connectivity index (χ3v) is 4.72. The number of anilines is 2. The van der Waals surface area contributed by atoms with Crippen molar-refractivity contribution < 1.29 is 9.59 Å². The van der Waals surface area contributed by atoms with Gasteiger partial charge in [-0.05, 0) is 48.9 Å². The molecule has 1 heterocycles. The van der Waals surface area contributed by atoms with Gasteiger partial charge in [0.1, 0.15) is 11.9 Å². The number of aromatic nitrogens is 3. The molecule has 0 aliphatic carbocycles. The Bertz CT molecular complexity index is 1190. The number of nitrogens with zero attached hydrogens (tertiary/aromatic N) is 2. The molecule has 4 N–H and O–H groups in total. The molecule has 0 saturated carbocycles. The van der Waals surface area contributed by atoms with E-state index in [1.165, 1.54) is 0 Å². The molecule has 0 saturated heterocycles. The van der Waals surface area contributed by atoms with Gasteiger partial charge in [0.2, 0.25) is 0 Å². The molecular formula is C24H22N6O2. The molecule has 1 atom stereocenters. The van der Waals surface area contributed by atoms with Gasteiger partial charge in [-0.2, -0.15) is 5.10 Å². The molecule has 8 nitrogen and oxygen atoms in total. The Morgan fingerprint density at radius 2 is 1.44 bits per heavy atom. The second kappa shape index (κ2) is 9.57. The number of nitrogens with one attached hydrogen (secondary N) is 4. The van der Waals surface area contributed by atoms with E-state index in [9.17, 15) is 9.59 Å². The number of para-hydroxylation sites is 1. The van der Waals surface area contributed by atoms with Gasteiger partial charge in [0.25, 0.3) is 5.91 Å². The van der Waals surface area contributed by atoms with E-state index in [2.05, 4.69) is 31.1 Å². The van der Waals surface area contributed by atoms with Gasteiger partial charge in [0.15, 0.2) is 5.82 Å². The van der Waals surface area contributed by atoms with Gasteiger partial charge in [-0.3, -0.25) is 9.89 Å². The predicted molar refractivity (Wildman–Crippen MR) is 122 cm³/mol. The molecule has 0 aliphatic heterocycles. The third-order valence-electron chi connectivity index (χ3n) is 4.72. The van der Waals surface area contributed by atoms with Gasteiger partial charge < -0.3 is 16.0 Å². The van der Waals surface area contributed by atoms with Gasteiger partial charge in [-0.1, -0.05) is 48.5 Å². The van der Waals surface area contributed by atoms with Crippen LogP contribution >= 0.6 is 0 Å². The number of urea groups is 1. The monoisotopic (exact) mass is 426 g/mol. The highest BCUT2D eigenvalue weighted by atomic mass is 16.2. The highest BCUT2D eigenvalue weighted by Gasteiger charge is 2.21. The minimum absolute atomic E-state index is 0.226. The Labute approximate surface area is 185 Å². The Kier molecular flexibility index (Phi) is 6.22. The number of H-pyrrole nitrogens is 1. The first-order valence-electron chi connectivity index (χ1n) is 10.1. The fraction of sp³-hybridized carbons (Fsp3) is 0.0833. The number of carbonyl (C=O) groups is 2. The van der Waals surface area contributed by atoms with Crippen LogP contribution in [0.2, 0.25) is 0 Å². The van der Waals surface area contributed by atoms with Crippen molar-refractivity contribution in [3.63, 3.8) is 0 Å². The molecular weight excluding hydrogens is 404 g/mol. The van der Waals surface area contributed by atoms with E-state index in [-0.39, 0.29) is 5.91 Å². The van der Waals surface area contributed by atoms with Crippen molar-refractivity contribution in [3.05, 3.63) is 108 Å². The normalized spacial score (nSPS) is 11.4. The second-order valence-corrected chi connectivity index (χ2v) is 7.12. The minimum Gasteiger partial charge on any atom is -0.324 e. The van der Waals surface area contributed by atoms with Gasteiger partial charge in [0.05, 0.1) is 0 Å². The summed E-state index contributed by atoms with van der Waals surface area (Å²) in [6.45, 7) is 1.80. The molecule has 3 aromatic carbocycles. The lowest BCUT2D eigenvalue weighted by Gasteiger charge is -2.17. The van der Waals surface area contributed by atoms with Gasteiger partial charge in [0, 0.05) is 16.9 Å². The maximum atomic E-state index is 12.7. The van der Waals surface area contributed by atoms with Crippen molar-refractivity contribution in [3.8, 4) is 0 Å². The summed E-state index contributed by atoms with van der Waals surface area (Å²) in [6.07, 6.45) is 0. The first-order chi connectivity index (χ1) is 15.6. The van der Waals surface area contributed by atoms with Crippen molar-refractivity contribution >= 4 is 23.3 Å². The van der Waals surface area contributed by atoms with Crippen LogP contribution in [0.1, 0.15) is 33.6 Å². The lowest BCUT2D eigenvalue weighted by molar-refractivity contribution is 0.102. The molecule has 4 rings (SSSR count). The lowest BCUT2D eigenvalue weighted by atomic mass is 10.1. The van der Waals surface area contributed by atoms with Gasteiger partial charge >= 0.3 is 6.03 Å². The molecule has 1 unspecified atom stereocenters. The Morgan fingerprint density at radius 3 is 2.06 bits per heavy atom. The average molecular weight is 426 g/mol. The lowest BCUT2D eigenvalue weighted by Crippen LogP contribution is -2.33. The first kappa shape index (κ1) is 20.8. The molecule has 0 fully saturated rings. The number of rotatable bonds is 6. The molecule has 0 bridgehead atoms. The number of aryl methyl sites for hydroxylation is 1. The van der Waals surface area contributed by atoms with Crippen LogP contribution in [-0.4, -0.2) is 27.1 Å². The molecule has 32 heavy (non-hydrogen) atoms. The number of benzene rings is 3. The Morgan fingerprint density at radius 1 is 0.812 bits per heavy atom. The van der Waals surface area contributed by atoms with Gasteiger partial charge in [-0.25, -0.2) is 9.78 Å². The van der Waals surface area contributed by atoms with Crippen LogP contribution in [0.4, 0.5) is 16.2 Å². The molecule has 0 spiro atoms. The van der Waals surface area contributed by atoms with Crippen molar-refractivity contribution in [1.82, 2.24) is 20.5 Å². The van der Waals surface area contributed by atoms with Crippen LogP contribution in [0.15, 0.2) is 84.9 Å². The summed E-state index contributed by atoms with van der Waals surface area (Å²) in [5.41, 5.74) is 2.61. The Hall–Kier alpha value is -4.46. The topological polar surface area (TPSA) is 112 Å². The summed E-state index contributed by atoms with van der Waals surface area (Å²) >= 11 is 0. The van der Waals surface area contributed by atoms with Crippen LogP contribution in [-0.2, 0) is 0 Å². The summed E-state index contributed by atoms with van der Waals surface area (Å²) in [6, 6.07) is 24.4. The van der Waals surface area contributed by atoms with Gasteiger partial charge in [-0.15, -0.1) is 0 Å². The van der Waals surface area contributed by atoms with Crippen LogP contribution in [0.3, 0.4) is 0 Å². The zero-order chi connectivity index (χ0) is 22.3. The van der Waals surface area contributed by atoms with Crippen molar-refractivity contribution in [1.29, 1.82) is 0 Å². The van der Waals surface area contributed by atoms with Crippen molar-refractivity contribution in [2.75, 3.05) is 10.6 Å². The maximum absolute atomic E-state index is 12.7. The predicted octanol–water partition coefficient (Wildman–Crippen LogP) is 4.28.